The van der Waals surface area contributed by atoms with Gasteiger partial charge in [-0.25, -0.2) is 9.97 Å². The summed E-state index contributed by atoms with van der Waals surface area (Å²) in [7, 11) is 0. The van der Waals surface area contributed by atoms with Crippen LogP contribution in [0.3, 0.4) is 0 Å². The molecule has 6 heteroatoms. The van der Waals surface area contributed by atoms with E-state index in [0.717, 1.165) is 66.0 Å². The van der Waals surface area contributed by atoms with Crippen molar-refractivity contribution in [3.05, 3.63) is 85.2 Å². The maximum Gasteiger partial charge on any atom is 0.129 e. The van der Waals surface area contributed by atoms with Crippen LogP contribution in [-0.2, 0) is 0 Å². The van der Waals surface area contributed by atoms with Gasteiger partial charge in [0, 0.05) is 23.5 Å². The van der Waals surface area contributed by atoms with Crippen LogP contribution < -0.4 is 0 Å². The molecule has 1 saturated heterocycles. The summed E-state index contributed by atoms with van der Waals surface area (Å²) in [4.78, 5) is 23.6. The lowest BCUT2D eigenvalue weighted by molar-refractivity contribution is 0.278. The lowest BCUT2D eigenvalue weighted by Crippen LogP contribution is -2.32. The fraction of sp³-hybridized carbons (Fsp3) is 0.343. The van der Waals surface area contributed by atoms with E-state index >= 15 is 0 Å². The van der Waals surface area contributed by atoms with Gasteiger partial charge in [-0.05, 0) is 78.3 Å². The van der Waals surface area contributed by atoms with E-state index in [2.05, 4.69) is 109 Å². The third kappa shape index (κ3) is 5.31. The summed E-state index contributed by atoms with van der Waals surface area (Å²) in [6.07, 6.45) is 7.98. The number of benzene rings is 3. The molecule has 1 aliphatic heterocycles. The lowest BCUT2D eigenvalue weighted by Gasteiger charge is -2.33. The SMILES string of the molecule is C=C([C@@H](N=C(C)CC)[C@@H](C)CC)N1CCC[C@H]1c1ncc(-c2ccc3cc(-c4ccc5nc[nH]c5c4)ccc3c2)[nH]1. The number of fused-ring (bicyclic) bond motifs is 2. The quantitative estimate of drug-likeness (QED) is 0.182. The van der Waals surface area contributed by atoms with Gasteiger partial charge in [0.2, 0.25) is 0 Å². The Labute approximate surface area is 242 Å². The first kappa shape index (κ1) is 27.0. The second-order valence-electron chi connectivity index (χ2n) is 11.5. The molecule has 0 amide bonds. The van der Waals surface area contributed by atoms with Crippen LogP contribution in [0.1, 0.15) is 65.2 Å². The third-order valence-electron chi connectivity index (χ3n) is 8.83. The van der Waals surface area contributed by atoms with E-state index in [4.69, 9.17) is 9.98 Å². The van der Waals surface area contributed by atoms with Crippen molar-refractivity contribution in [2.24, 2.45) is 10.9 Å². The summed E-state index contributed by atoms with van der Waals surface area (Å²) in [5.41, 5.74) is 8.92. The lowest BCUT2D eigenvalue weighted by atomic mass is 9.95. The van der Waals surface area contributed by atoms with Crippen molar-refractivity contribution in [3.63, 3.8) is 0 Å². The molecule has 0 radical (unpaired) electrons. The zero-order chi connectivity index (χ0) is 28.5. The van der Waals surface area contributed by atoms with Crippen molar-refractivity contribution >= 4 is 27.5 Å². The first-order chi connectivity index (χ1) is 19.9. The van der Waals surface area contributed by atoms with Crippen molar-refractivity contribution in [3.8, 4) is 22.4 Å². The molecule has 210 valence electrons. The van der Waals surface area contributed by atoms with E-state index in [-0.39, 0.29) is 12.1 Å². The monoisotopic (exact) mass is 544 g/mol. The van der Waals surface area contributed by atoms with Gasteiger partial charge in [-0.1, -0.05) is 64.1 Å². The Kier molecular flexibility index (Phi) is 7.48. The number of nitrogens with zero attached hydrogens (tertiary/aromatic N) is 4. The van der Waals surface area contributed by atoms with Gasteiger partial charge in [-0.2, -0.15) is 0 Å². The predicted octanol–water partition coefficient (Wildman–Crippen LogP) is 8.71. The van der Waals surface area contributed by atoms with E-state index in [1.54, 1.807) is 6.33 Å². The van der Waals surface area contributed by atoms with Gasteiger partial charge in [0.05, 0.1) is 41.3 Å². The largest absolute Gasteiger partial charge is 0.363 e. The number of H-pyrrole nitrogens is 2. The molecule has 3 atom stereocenters. The average molecular weight is 545 g/mol. The molecule has 0 bridgehead atoms. The molecule has 1 fully saturated rings. The van der Waals surface area contributed by atoms with E-state index < -0.39 is 0 Å². The maximum absolute atomic E-state index is 5.10. The Morgan fingerprint density at radius 3 is 2.54 bits per heavy atom. The molecular formula is C35H40N6. The molecular weight excluding hydrogens is 504 g/mol. The molecule has 5 aromatic rings. The standard InChI is InChI=1S/C35H40N6/c1-6-22(3)34(39-23(4)7-2)24(5)41-16-8-9-33(41)35-36-20-32(40-35)29-13-12-25-17-26(10-11-27(25)18-29)28-14-15-30-31(19-28)38-21-37-30/h10-15,17-22,33-34H,5-9,16H2,1-4H3,(H,36,40)(H,37,38)/t22-,33-,34-/m0/s1. The highest BCUT2D eigenvalue weighted by molar-refractivity contribution is 5.91. The molecule has 2 N–H and O–H groups in total. The Morgan fingerprint density at radius 2 is 1.76 bits per heavy atom. The van der Waals surface area contributed by atoms with Crippen LogP contribution in [0, 0.1) is 5.92 Å². The second kappa shape index (κ2) is 11.4. The van der Waals surface area contributed by atoms with Gasteiger partial charge in [0.15, 0.2) is 0 Å². The summed E-state index contributed by atoms with van der Waals surface area (Å²) in [6.45, 7) is 14.4. The topological polar surface area (TPSA) is 73.0 Å². The van der Waals surface area contributed by atoms with Gasteiger partial charge >= 0.3 is 0 Å². The van der Waals surface area contributed by atoms with E-state index in [0.29, 0.717) is 5.92 Å². The number of hydrogen-bond acceptors (Lipinski definition) is 4. The van der Waals surface area contributed by atoms with Gasteiger partial charge in [-0.15, -0.1) is 0 Å². The molecule has 0 spiro atoms. The van der Waals surface area contributed by atoms with Gasteiger partial charge in [0.1, 0.15) is 5.82 Å². The summed E-state index contributed by atoms with van der Waals surface area (Å²) in [5, 5.41) is 2.43. The number of aromatic amines is 2. The van der Waals surface area contributed by atoms with Crippen LogP contribution in [0.4, 0.5) is 0 Å². The third-order valence-corrected chi connectivity index (χ3v) is 8.83. The number of aliphatic imine (C=N–C) groups is 1. The number of rotatable bonds is 9. The second-order valence-corrected chi connectivity index (χ2v) is 11.5. The zero-order valence-electron chi connectivity index (χ0n) is 24.6. The fourth-order valence-electron chi connectivity index (χ4n) is 6.01. The number of nitrogens with one attached hydrogen (secondary N) is 2. The summed E-state index contributed by atoms with van der Waals surface area (Å²) < 4.78 is 0. The van der Waals surface area contributed by atoms with Crippen LogP contribution in [-0.4, -0.2) is 43.1 Å². The van der Waals surface area contributed by atoms with Crippen molar-refractivity contribution in [2.75, 3.05) is 6.54 Å². The number of hydrogen-bond donors (Lipinski definition) is 2. The van der Waals surface area contributed by atoms with Crippen molar-refractivity contribution < 1.29 is 0 Å². The highest BCUT2D eigenvalue weighted by atomic mass is 15.2. The maximum atomic E-state index is 5.10. The number of likely N-dealkylation sites (tertiary alicyclic amines) is 1. The Balaban J connectivity index is 1.24. The van der Waals surface area contributed by atoms with Crippen LogP contribution in [0.25, 0.3) is 44.2 Å². The molecule has 3 heterocycles. The molecule has 3 aromatic carbocycles. The van der Waals surface area contributed by atoms with Crippen LogP contribution >= 0.6 is 0 Å². The molecule has 6 nitrogen and oxygen atoms in total. The number of aromatic nitrogens is 4. The van der Waals surface area contributed by atoms with Gasteiger partial charge in [-0.3, -0.25) is 4.99 Å². The van der Waals surface area contributed by atoms with Gasteiger partial charge < -0.3 is 14.9 Å². The molecule has 1 aliphatic rings. The molecule has 0 unspecified atom stereocenters. The summed E-state index contributed by atoms with van der Waals surface area (Å²) in [6, 6.07) is 20.0. The summed E-state index contributed by atoms with van der Waals surface area (Å²) >= 11 is 0. The van der Waals surface area contributed by atoms with Gasteiger partial charge in [0.25, 0.3) is 0 Å². The van der Waals surface area contributed by atoms with Crippen LogP contribution in [0.15, 0.2) is 84.4 Å². The Morgan fingerprint density at radius 1 is 1.02 bits per heavy atom. The van der Waals surface area contributed by atoms with Crippen molar-refractivity contribution in [1.29, 1.82) is 0 Å². The zero-order valence-corrected chi connectivity index (χ0v) is 24.6. The van der Waals surface area contributed by atoms with E-state index in [1.807, 2.05) is 6.20 Å². The predicted molar refractivity (Wildman–Crippen MR) is 171 cm³/mol. The number of imidazole rings is 2. The van der Waals surface area contributed by atoms with E-state index in [9.17, 15) is 0 Å². The first-order valence-corrected chi connectivity index (χ1v) is 15.0. The van der Waals surface area contributed by atoms with Crippen LogP contribution in [0.2, 0.25) is 0 Å². The summed E-state index contributed by atoms with van der Waals surface area (Å²) in [5.74, 6) is 1.46. The van der Waals surface area contributed by atoms with Crippen LogP contribution in [0.5, 0.6) is 0 Å². The molecule has 2 aromatic heterocycles. The molecule has 41 heavy (non-hydrogen) atoms. The minimum atomic E-state index is 0.113. The molecule has 0 aliphatic carbocycles. The normalized spacial score (nSPS) is 17.4. The smallest absolute Gasteiger partial charge is 0.129 e. The molecule has 0 saturated carbocycles. The molecule has 6 rings (SSSR count). The minimum Gasteiger partial charge on any atom is -0.363 e. The average Bonchev–Trinajstić information content (AvgIpc) is 3.78. The van der Waals surface area contributed by atoms with Crippen molar-refractivity contribution in [2.45, 2.75) is 65.5 Å². The van der Waals surface area contributed by atoms with E-state index in [1.165, 1.54) is 27.6 Å². The highest BCUT2D eigenvalue weighted by Crippen LogP contribution is 2.37. The highest BCUT2D eigenvalue weighted by Gasteiger charge is 2.33. The first-order valence-electron chi connectivity index (χ1n) is 15.0. The Bertz CT molecular complexity index is 1720. The Hall–Kier alpha value is -4.19. The fourth-order valence-corrected chi connectivity index (χ4v) is 6.01. The minimum absolute atomic E-state index is 0.113. The van der Waals surface area contributed by atoms with Crippen molar-refractivity contribution in [1.82, 2.24) is 24.8 Å².